The molecule has 1 aliphatic rings. The van der Waals surface area contributed by atoms with Crippen molar-refractivity contribution >= 4 is 44.2 Å². The van der Waals surface area contributed by atoms with Crippen molar-refractivity contribution in [2.75, 3.05) is 10.2 Å². The Hall–Kier alpha value is -3.18. The zero-order valence-corrected chi connectivity index (χ0v) is 16.4. The fraction of sp³-hybridized carbons (Fsp3) is 0.0435. The minimum atomic E-state index is -0.369. The van der Waals surface area contributed by atoms with Crippen molar-refractivity contribution in [2.24, 2.45) is 0 Å². The number of anilines is 2. The largest absolute Gasteiger partial charge is 0.345 e. The van der Waals surface area contributed by atoms with E-state index in [4.69, 9.17) is 4.98 Å². The number of amides is 1. The van der Waals surface area contributed by atoms with Gasteiger partial charge in [-0.15, -0.1) is 0 Å². The van der Waals surface area contributed by atoms with Gasteiger partial charge in [0.2, 0.25) is 0 Å². The van der Waals surface area contributed by atoms with Crippen molar-refractivity contribution in [1.29, 1.82) is 0 Å². The molecule has 0 spiro atoms. The summed E-state index contributed by atoms with van der Waals surface area (Å²) in [6, 6.07) is 27.4. The molecule has 4 nitrogen and oxygen atoms in total. The van der Waals surface area contributed by atoms with Crippen LogP contribution in [0.3, 0.4) is 0 Å². The van der Waals surface area contributed by atoms with Crippen LogP contribution in [0.5, 0.6) is 0 Å². The highest BCUT2D eigenvalue weighted by Gasteiger charge is 2.36. The summed E-state index contributed by atoms with van der Waals surface area (Å²) in [7, 11) is 0. The van der Waals surface area contributed by atoms with Gasteiger partial charge in [-0.3, -0.25) is 9.69 Å². The summed E-state index contributed by atoms with van der Waals surface area (Å²) in [6.45, 7) is 0. The summed E-state index contributed by atoms with van der Waals surface area (Å²) >= 11 is 3.63. The van der Waals surface area contributed by atoms with Crippen molar-refractivity contribution in [2.45, 2.75) is 6.17 Å². The molecule has 5 heteroatoms. The molecule has 0 aliphatic carbocycles. The Bertz CT molecular complexity index is 1190. The quantitative estimate of drug-likeness (QED) is 0.439. The lowest BCUT2D eigenvalue weighted by molar-refractivity contribution is 0.0974. The molecular formula is C23H16BrN3O. The number of nitrogens with one attached hydrogen (secondary N) is 1. The van der Waals surface area contributed by atoms with Gasteiger partial charge in [0, 0.05) is 21.1 Å². The first kappa shape index (κ1) is 17.0. The molecule has 1 N–H and O–H groups in total. The van der Waals surface area contributed by atoms with Crippen LogP contribution >= 0.6 is 15.9 Å². The maximum Gasteiger partial charge on any atom is 0.264 e. The van der Waals surface area contributed by atoms with E-state index in [9.17, 15) is 4.79 Å². The number of para-hydroxylation sites is 2. The summed E-state index contributed by atoms with van der Waals surface area (Å²) in [5, 5.41) is 4.44. The average molecular weight is 430 g/mol. The van der Waals surface area contributed by atoms with Crippen molar-refractivity contribution in [3.63, 3.8) is 0 Å². The number of carbonyl (C=O) groups excluding carboxylic acids is 1. The lowest BCUT2D eigenvalue weighted by Gasteiger charge is -2.38. The number of aromatic nitrogens is 1. The number of benzene rings is 3. The Balaban J connectivity index is 1.73. The first-order chi connectivity index (χ1) is 13.7. The number of fused-ring (bicyclic) bond motifs is 2. The molecule has 0 fully saturated rings. The molecule has 2 heterocycles. The Morgan fingerprint density at radius 1 is 0.893 bits per heavy atom. The fourth-order valence-corrected chi connectivity index (χ4v) is 4.10. The molecule has 4 aromatic rings. The normalized spacial score (nSPS) is 16.0. The number of carbonyl (C=O) groups is 1. The Labute approximate surface area is 171 Å². The van der Waals surface area contributed by atoms with Gasteiger partial charge in [0.05, 0.1) is 11.1 Å². The van der Waals surface area contributed by atoms with E-state index in [0.29, 0.717) is 11.4 Å². The molecule has 0 unspecified atom stereocenters. The molecule has 1 aliphatic heterocycles. The maximum absolute atomic E-state index is 13.6. The van der Waals surface area contributed by atoms with Gasteiger partial charge in [-0.1, -0.05) is 70.5 Å². The van der Waals surface area contributed by atoms with Gasteiger partial charge in [-0.2, -0.15) is 0 Å². The second-order valence-electron chi connectivity index (χ2n) is 6.66. The Morgan fingerprint density at radius 2 is 1.61 bits per heavy atom. The summed E-state index contributed by atoms with van der Waals surface area (Å²) in [6.07, 6.45) is -0.369. The number of hydrogen-bond donors (Lipinski definition) is 1. The average Bonchev–Trinajstić information content (AvgIpc) is 2.73. The number of pyridine rings is 1. The fourth-order valence-electron chi connectivity index (χ4n) is 3.60. The first-order valence-electron chi connectivity index (χ1n) is 9.02. The van der Waals surface area contributed by atoms with Crippen LogP contribution in [0.4, 0.5) is 11.5 Å². The van der Waals surface area contributed by atoms with Crippen molar-refractivity contribution < 1.29 is 4.79 Å². The third-order valence-electron chi connectivity index (χ3n) is 4.94. The molecule has 1 atom stereocenters. The van der Waals surface area contributed by atoms with Crippen LogP contribution in [0.1, 0.15) is 22.1 Å². The minimum Gasteiger partial charge on any atom is -0.345 e. The van der Waals surface area contributed by atoms with Gasteiger partial charge in [-0.05, 0) is 30.3 Å². The van der Waals surface area contributed by atoms with Crippen molar-refractivity contribution in [1.82, 2.24) is 4.98 Å². The van der Waals surface area contributed by atoms with Crippen molar-refractivity contribution in [3.05, 3.63) is 101 Å². The van der Waals surface area contributed by atoms with E-state index in [2.05, 4.69) is 21.2 Å². The van der Waals surface area contributed by atoms with E-state index in [0.717, 1.165) is 26.6 Å². The molecule has 3 aromatic carbocycles. The molecule has 136 valence electrons. The third kappa shape index (κ3) is 2.75. The number of halogens is 1. The number of hydrogen-bond acceptors (Lipinski definition) is 3. The maximum atomic E-state index is 13.6. The smallest absolute Gasteiger partial charge is 0.264 e. The summed E-state index contributed by atoms with van der Waals surface area (Å²) in [5.74, 6) is 0.538. The van der Waals surface area contributed by atoms with Gasteiger partial charge < -0.3 is 5.32 Å². The van der Waals surface area contributed by atoms with Crippen LogP contribution < -0.4 is 10.2 Å². The molecule has 28 heavy (non-hydrogen) atoms. The number of nitrogens with zero attached hydrogens (tertiary/aromatic N) is 2. The summed E-state index contributed by atoms with van der Waals surface area (Å²) in [4.78, 5) is 20.1. The lowest BCUT2D eigenvalue weighted by Crippen LogP contribution is -2.43. The summed E-state index contributed by atoms with van der Waals surface area (Å²) < 4.78 is 0.936. The highest BCUT2D eigenvalue weighted by Crippen LogP contribution is 2.38. The lowest BCUT2D eigenvalue weighted by atomic mass is 10.0. The van der Waals surface area contributed by atoms with Crippen LogP contribution in [0, 0.1) is 0 Å². The third-order valence-corrected chi connectivity index (χ3v) is 5.66. The molecular weight excluding hydrogens is 414 g/mol. The van der Waals surface area contributed by atoms with Crippen LogP contribution in [0.25, 0.3) is 10.9 Å². The predicted octanol–water partition coefficient (Wildman–Crippen LogP) is 5.77. The van der Waals surface area contributed by atoms with Gasteiger partial charge in [0.1, 0.15) is 12.0 Å². The molecule has 1 amide bonds. The zero-order chi connectivity index (χ0) is 19.1. The monoisotopic (exact) mass is 429 g/mol. The molecule has 0 bridgehead atoms. The van der Waals surface area contributed by atoms with Gasteiger partial charge >= 0.3 is 0 Å². The topological polar surface area (TPSA) is 45.2 Å². The van der Waals surface area contributed by atoms with Gasteiger partial charge in [0.25, 0.3) is 5.91 Å². The first-order valence-corrected chi connectivity index (χ1v) is 9.81. The molecule has 0 radical (unpaired) electrons. The van der Waals surface area contributed by atoms with Gasteiger partial charge in [-0.25, -0.2) is 4.98 Å². The Kier molecular flexibility index (Phi) is 4.10. The molecule has 1 aromatic heterocycles. The Morgan fingerprint density at radius 3 is 2.43 bits per heavy atom. The van der Waals surface area contributed by atoms with Gasteiger partial charge in [0.15, 0.2) is 0 Å². The van der Waals surface area contributed by atoms with E-state index in [1.807, 2.05) is 84.9 Å². The minimum absolute atomic E-state index is 0.0704. The van der Waals surface area contributed by atoms with E-state index in [1.165, 1.54) is 0 Å². The van der Waals surface area contributed by atoms with Crippen LogP contribution in [0.15, 0.2) is 89.4 Å². The second kappa shape index (κ2) is 6.77. The highest BCUT2D eigenvalue weighted by atomic mass is 79.9. The molecule has 0 saturated carbocycles. The highest BCUT2D eigenvalue weighted by molar-refractivity contribution is 9.10. The summed E-state index contributed by atoms with van der Waals surface area (Å²) in [5.41, 5.74) is 3.24. The predicted molar refractivity (Wildman–Crippen MR) is 116 cm³/mol. The molecule has 5 rings (SSSR count). The van der Waals surface area contributed by atoms with E-state index in [-0.39, 0.29) is 12.1 Å². The van der Waals surface area contributed by atoms with E-state index < -0.39 is 0 Å². The van der Waals surface area contributed by atoms with Crippen LogP contribution in [-0.2, 0) is 0 Å². The second-order valence-corrected chi connectivity index (χ2v) is 7.51. The zero-order valence-electron chi connectivity index (χ0n) is 14.8. The van der Waals surface area contributed by atoms with Crippen LogP contribution in [0.2, 0.25) is 0 Å². The van der Waals surface area contributed by atoms with E-state index in [1.54, 1.807) is 4.90 Å². The SMILES string of the molecule is O=C1c2cc3ccccc3nc2N[C@H](c2ccccc2Br)N1c1ccccc1. The van der Waals surface area contributed by atoms with Crippen LogP contribution in [-0.4, -0.2) is 10.9 Å². The number of rotatable bonds is 2. The van der Waals surface area contributed by atoms with Crippen molar-refractivity contribution in [3.8, 4) is 0 Å². The van der Waals surface area contributed by atoms with E-state index >= 15 is 0 Å². The standard InChI is InChI=1S/C23H16BrN3O/c24-19-12-6-5-11-17(19)22-26-21-18(14-15-8-4-7-13-20(15)25-21)23(28)27(22)16-9-2-1-3-10-16/h1-14,22H,(H,25,26)/t22-/m0/s1. The molecule has 0 saturated heterocycles.